The van der Waals surface area contributed by atoms with Gasteiger partial charge in [0.2, 0.25) is 5.78 Å². The Morgan fingerprint density at radius 2 is 1.10 bits per heavy atom. The molecular weight excluding hydrogens is 631 g/mol. The standard InChI is InChI=1S/C21H32O3.C20H28O3.2CH4.CH3.Li/c1-6-8-9-10-12-15-18-19(24-20(3,4)23-18)16-13-11-14-17-21(5,22)7-2;1-5-7-8-9-12-15-18-19(23-20(3,4)22-18)16-13-10-11-14-17(21)6-2;;;;/h7,18-19,22H,2,6,8-10,12,15-16H2,1,3-5H3;6,18-19H,2,5,7-9,12,15-16H2,1,3-4H3;2*1H4;1H3;/q;;;;-1;+1/t18-,19-,21?;18-,19-;;;;/m11..../s1. The van der Waals surface area contributed by atoms with Crippen molar-refractivity contribution in [3.05, 3.63) is 32.7 Å². The van der Waals surface area contributed by atoms with Gasteiger partial charge in [0.1, 0.15) is 5.60 Å². The molecule has 0 saturated carbocycles. The molecule has 284 valence electrons. The first-order valence-electron chi connectivity index (χ1n) is 17.5. The molecule has 1 N–H and O–H groups in total. The van der Waals surface area contributed by atoms with Gasteiger partial charge in [-0.25, -0.2) is 0 Å². The van der Waals surface area contributed by atoms with E-state index >= 15 is 0 Å². The molecule has 0 aromatic heterocycles. The zero-order valence-corrected chi connectivity index (χ0v) is 32.3. The van der Waals surface area contributed by atoms with Crippen LogP contribution in [0.5, 0.6) is 0 Å². The maximum atomic E-state index is 11.0. The van der Waals surface area contributed by atoms with Crippen molar-refractivity contribution in [3.63, 3.8) is 0 Å². The van der Waals surface area contributed by atoms with Gasteiger partial charge in [-0.2, -0.15) is 0 Å². The van der Waals surface area contributed by atoms with Gasteiger partial charge in [-0.05, 0) is 89.2 Å². The number of unbranched alkanes of at least 4 members (excludes halogenated alkanes) is 8. The van der Waals surface area contributed by atoms with Gasteiger partial charge in [-0.15, -0.1) is 0 Å². The van der Waals surface area contributed by atoms with Gasteiger partial charge in [-0.1, -0.05) is 124 Å². The van der Waals surface area contributed by atoms with Crippen molar-refractivity contribution in [1.82, 2.24) is 0 Å². The molecule has 2 aliphatic heterocycles. The number of ketones is 1. The Labute approximate surface area is 327 Å². The molecule has 6 nitrogen and oxygen atoms in total. The van der Waals surface area contributed by atoms with Crippen molar-refractivity contribution < 1.29 is 47.7 Å². The fourth-order valence-corrected chi connectivity index (χ4v) is 5.30. The zero-order chi connectivity index (χ0) is 35.2. The maximum Gasteiger partial charge on any atom is 1.00 e. The van der Waals surface area contributed by atoms with E-state index < -0.39 is 17.2 Å². The van der Waals surface area contributed by atoms with Crippen molar-refractivity contribution in [1.29, 1.82) is 0 Å². The Kier molecular flexibility index (Phi) is 33.0. The molecule has 2 saturated heterocycles. The topological polar surface area (TPSA) is 74.2 Å². The second kappa shape index (κ2) is 30.3. The zero-order valence-electron chi connectivity index (χ0n) is 32.3. The molecule has 0 bridgehead atoms. The van der Waals surface area contributed by atoms with Gasteiger partial charge in [0.25, 0.3) is 0 Å². The van der Waals surface area contributed by atoms with E-state index in [4.69, 9.17) is 18.9 Å². The van der Waals surface area contributed by atoms with E-state index in [2.05, 4.69) is 74.4 Å². The summed E-state index contributed by atoms with van der Waals surface area (Å²) in [4.78, 5) is 11.0. The van der Waals surface area contributed by atoms with Crippen LogP contribution < -0.4 is 18.9 Å². The molecule has 2 aliphatic rings. The number of hydrogen-bond donors (Lipinski definition) is 1. The summed E-state index contributed by atoms with van der Waals surface area (Å²) in [6.45, 7) is 20.7. The molecule has 2 fully saturated rings. The fraction of sp³-hybridized carbons (Fsp3) is 0.682. The number of allylic oxidation sites excluding steroid dienone is 1. The third kappa shape index (κ3) is 26.2. The number of rotatable bonds is 16. The number of aliphatic hydroxyl groups is 1. The molecule has 2 rings (SSSR count). The maximum absolute atomic E-state index is 11.0. The minimum absolute atomic E-state index is 0. The Hall–Kier alpha value is -2.21. The van der Waals surface area contributed by atoms with Crippen LogP contribution >= 0.6 is 0 Å². The van der Waals surface area contributed by atoms with Crippen LogP contribution in [0.15, 0.2) is 25.3 Å². The van der Waals surface area contributed by atoms with E-state index in [1.807, 2.05) is 27.7 Å². The second-order valence-electron chi connectivity index (χ2n) is 13.3. The van der Waals surface area contributed by atoms with Gasteiger partial charge < -0.3 is 31.5 Å². The van der Waals surface area contributed by atoms with Crippen molar-refractivity contribution >= 4 is 5.78 Å². The van der Waals surface area contributed by atoms with Crippen LogP contribution in [0.3, 0.4) is 0 Å². The first-order valence-corrected chi connectivity index (χ1v) is 17.5. The Morgan fingerprint density at radius 1 is 0.706 bits per heavy atom. The molecule has 7 heteroatoms. The van der Waals surface area contributed by atoms with Crippen LogP contribution in [0.2, 0.25) is 0 Å². The number of ether oxygens (including phenoxy) is 4. The Morgan fingerprint density at radius 3 is 1.49 bits per heavy atom. The van der Waals surface area contributed by atoms with Crippen LogP contribution in [-0.4, -0.2) is 52.5 Å². The largest absolute Gasteiger partial charge is 1.00 e. The minimum Gasteiger partial charge on any atom is -0.374 e. The van der Waals surface area contributed by atoms with Crippen molar-refractivity contribution in [2.75, 3.05) is 0 Å². The predicted molar refractivity (Wildman–Crippen MR) is 211 cm³/mol. The predicted octanol–water partition coefficient (Wildman–Crippen LogP) is 6.95. The van der Waals surface area contributed by atoms with E-state index in [1.165, 1.54) is 63.5 Å². The summed E-state index contributed by atoms with van der Waals surface area (Å²) in [6, 6.07) is 0. The first kappa shape index (κ1) is 55.5. The van der Waals surface area contributed by atoms with Crippen LogP contribution in [0.25, 0.3) is 0 Å². The molecule has 5 atom stereocenters. The van der Waals surface area contributed by atoms with Crippen LogP contribution in [-0.2, 0) is 23.7 Å². The summed E-state index contributed by atoms with van der Waals surface area (Å²) in [5.74, 6) is 20.3. The van der Waals surface area contributed by atoms with Gasteiger partial charge in [-0.3, -0.25) is 4.79 Å². The van der Waals surface area contributed by atoms with Crippen molar-refractivity contribution in [2.45, 2.75) is 195 Å². The third-order valence-electron chi connectivity index (χ3n) is 7.75. The Balaban J connectivity index is -0.000000402. The first-order chi connectivity index (χ1) is 22.3. The molecule has 2 heterocycles. The summed E-state index contributed by atoms with van der Waals surface area (Å²) in [5, 5.41) is 9.70. The van der Waals surface area contributed by atoms with E-state index in [0.29, 0.717) is 12.8 Å². The van der Waals surface area contributed by atoms with Crippen LogP contribution in [0.1, 0.15) is 153 Å². The molecule has 0 radical (unpaired) electrons. The van der Waals surface area contributed by atoms with Gasteiger partial charge >= 0.3 is 18.9 Å². The van der Waals surface area contributed by atoms with Crippen LogP contribution in [0, 0.1) is 54.8 Å². The second-order valence-corrected chi connectivity index (χ2v) is 13.3. The summed E-state index contributed by atoms with van der Waals surface area (Å²) < 4.78 is 23.9. The molecule has 0 aliphatic carbocycles. The number of carbonyl (C=O) groups excluding carboxylic acids is 1. The van der Waals surface area contributed by atoms with E-state index in [1.54, 1.807) is 6.92 Å². The SMILES string of the molecule is C.C.C=CC(=O)C#CC#CC[C@H]1OC(C)(C)O[C@@H]1CCCCCCC.C=CC(C)(O)C#CC#CC[C@H]1OC(C)(C)O[C@@H]1CCCCCCC.[CH3-].[Li+]. The Bertz CT molecular complexity index is 1220. The molecule has 0 aromatic carbocycles. The smallest absolute Gasteiger partial charge is 0.374 e. The molecule has 0 aromatic rings. The summed E-state index contributed by atoms with van der Waals surface area (Å²) in [7, 11) is 0. The van der Waals surface area contributed by atoms with Crippen molar-refractivity contribution in [3.8, 4) is 47.4 Å². The number of carbonyl (C=O) groups is 1. The molecule has 0 spiro atoms. The summed E-state index contributed by atoms with van der Waals surface area (Å²) in [6.07, 6.45) is 18.4. The third-order valence-corrected chi connectivity index (χ3v) is 7.75. The molecular formula is C44H71LiO6. The van der Waals surface area contributed by atoms with E-state index in [0.717, 1.165) is 25.7 Å². The molecule has 1 unspecified atom stereocenters. The van der Waals surface area contributed by atoms with E-state index in [-0.39, 0.29) is 71.3 Å². The fourth-order valence-electron chi connectivity index (χ4n) is 5.30. The van der Waals surface area contributed by atoms with Gasteiger partial charge in [0.15, 0.2) is 11.6 Å². The summed E-state index contributed by atoms with van der Waals surface area (Å²) >= 11 is 0. The average molecular weight is 703 g/mol. The van der Waals surface area contributed by atoms with E-state index in [9.17, 15) is 9.90 Å². The van der Waals surface area contributed by atoms with Crippen LogP contribution in [0.4, 0.5) is 0 Å². The monoisotopic (exact) mass is 703 g/mol. The summed E-state index contributed by atoms with van der Waals surface area (Å²) in [5.41, 5.74) is -1.19. The minimum atomic E-state index is -1.19. The normalized spacial score (nSPS) is 21.2. The molecule has 51 heavy (non-hydrogen) atoms. The quantitative estimate of drug-likeness (QED) is 0.0357. The average Bonchev–Trinajstić information content (AvgIpc) is 3.48. The molecule has 0 amide bonds. The number of hydrogen-bond acceptors (Lipinski definition) is 6. The van der Waals surface area contributed by atoms with Gasteiger partial charge in [0, 0.05) is 12.8 Å². The van der Waals surface area contributed by atoms with Crippen molar-refractivity contribution in [2.24, 2.45) is 0 Å². The van der Waals surface area contributed by atoms with Gasteiger partial charge in [0.05, 0.1) is 24.4 Å².